The Balaban J connectivity index is 1.83. The van der Waals surface area contributed by atoms with Crippen molar-refractivity contribution in [3.8, 4) is 17.2 Å². The Labute approximate surface area is 123 Å². The summed E-state index contributed by atoms with van der Waals surface area (Å²) in [6.07, 6.45) is 0. The van der Waals surface area contributed by atoms with Crippen molar-refractivity contribution in [2.24, 2.45) is 0 Å². The number of hydrogen-bond donors (Lipinski definition) is 2. The van der Waals surface area contributed by atoms with E-state index in [-0.39, 0.29) is 25.7 Å². The molecule has 1 amide bonds. The smallest absolute Gasteiger partial charge is 0.258 e. The molecule has 0 aliphatic carbocycles. The van der Waals surface area contributed by atoms with Crippen LogP contribution in [0, 0.1) is 0 Å². The highest BCUT2D eigenvalue weighted by Gasteiger charge is 2.02. The van der Waals surface area contributed by atoms with Crippen molar-refractivity contribution in [3.63, 3.8) is 0 Å². The Morgan fingerprint density at radius 1 is 0.952 bits per heavy atom. The molecule has 0 unspecified atom stereocenters. The maximum atomic E-state index is 11.3. The zero-order chi connectivity index (χ0) is 14.9. The average Bonchev–Trinajstić information content (AvgIpc) is 2.53. The van der Waals surface area contributed by atoms with Gasteiger partial charge in [-0.1, -0.05) is 18.2 Å². The fourth-order valence-electron chi connectivity index (χ4n) is 1.62. The topological polar surface area (TPSA) is 67.8 Å². The van der Waals surface area contributed by atoms with Gasteiger partial charge in [0.2, 0.25) is 0 Å². The second kappa shape index (κ2) is 7.91. The third-order valence-electron chi connectivity index (χ3n) is 2.61. The predicted octanol–water partition coefficient (Wildman–Crippen LogP) is 1.97. The average molecular weight is 287 g/mol. The van der Waals surface area contributed by atoms with Crippen LogP contribution in [0.3, 0.4) is 0 Å². The number of para-hydroxylation sites is 1. The van der Waals surface area contributed by atoms with Gasteiger partial charge in [0.15, 0.2) is 6.61 Å². The minimum Gasteiger partial charge on any atom is -0.484 e. The summed E-state index contributed by atoms with van der Waals surface area (Å²) in [4.78, 5) is 11.3. The highest BCUT2D eigenvalue weighted by Crippen LogP contribution is 2.23. The molecular weight excluding hydrogens is 270 g/mol. The summed E-state index contributed by atoms with van der Waals surface area (Å²) in [6.45, 7) is 0.0577. The van der Waals surface area contributed by atoms with Crippen LogP contribution in [-0.4, -0.2) is 30.8 Å². The third kappa shape index (κ3) is 5.16. The largest absolute Gasteiger partial charge is 0.484 e. The molecule has 0 radical (unpaired) electrons. The van der Waals surface area contributed by atoms with Crippen LogP contribution in [-0.2, 0) is 4.79 Å². The van der Waals surface area contributed by atoms with E-state index in [4.69, 9.17) is 14.6 Å². The predicted molar refractivity (Wildman–Crippen MR) is 78.5 cm³/mol. The van der Waals surface area contributed by atoms with Crippen LogP contribution in [0.4, 0.5) is 0 Å². The van der Waals surface area contributed by atoms with E-state index in [1.54, 1.807) is 24.3 Å². The van der Waals surface area contributed by atoms with Crippen molar-refractivity contribution in [1.29, 1.82) is 0 Å². The van der Waals surface area contributed by atoms with Crippen molar-refractivity contribution in [2.75, 3.05) is 19.8 Å². The fraction of sp³-hybridized carbons (Fsp3) is 0.188. The maximum absolute atomic E-state index is 11.3. The lowest BCUT2D eigenvalue weighted by Gasteiger charge is -2.08. The first-order chi connectivity index (χ1) is 10.3. The highest BCUT2D eigenvalue weighted by molar-refractivity contribution is 5.77. The summed E-state index contributed by atoms with van der Waals surface area (Å²) in [7, 11) is 0. The van der Waals surface area contributed by atoms with Crippen LogP contribution in [0.15, 0.2) is 54.6 Å². The Morgan fingerprint density at radius 3 is 2.24 bits per heavy atom. The molecule has 0 aliphatic rings. The third-order valence-corrected chi connectivity index (χ3v) is 2.61. The lowest BCUT2D eigenvalue weighted by Crippen LogP contribution is -2.31. The van der Waals surface area contributed by atoms with Gasteiger partial charge in [-0.25, -0.2) is 0 Å². The molecule has 0 atom stereocenters. The molecule has 0 aliphatic heterocycles. The molecular formula is C16H17NO4. The van der Waals surface area contributed by atoms with Crippen LogP contribution >= 0.6 is 0 Å². The lowest BCUT2D eigenvalue weighted by atomic mass is 10.3. The van der Waals surface area contributed by atoms with E-state index < -0.39 is 0 Å². The molecule has 2 aromatic rings. The van der Waals surface area contributed by atoms with Gasteiger partial charge in [0.25, 0.3) is 5.91 Å². The molecule has 0 saturated carbocycles. The molecule has 0 saturated heterocycles. The van der Waals surface area contributed by atoms with E-state index >= 15 is 0 Å². The molecule has 2 aromatic carbocycles. The van der Waals surface area contributed by atoms with E-state index in [9.17, 15) is 4.79 Å². The van der Waals surface area contributed by atoms with Gasteiger partial charge in [0, 0.05) is 6.54 Å². The Kier molecular flexibility index (Phi) is 5.60. The van der Waals surface area contributed by atoms with Gasteiger partial charge < -0.3 is 19.9 Å². The van der Waals surface area contributed by atoms with E-state index in [2.05, 4.69) is 5.32 Å². The van der Waals surface area contributed by atoms with Gasteiger partial charge in [-0.05, 0) is 36.4 Å². The first kappa shape index (κ1) is 14.9. The minimum absolute atomic E-state index is 0.0844. The number of nitrogens with one attached hydrogen (secondary N) is 1. The number of aliphatic hydroxyl groups excluding tert-OH is 1. The Morgan fingerprint density at radius 2 is 1.57 bits per heavy atom. The number of amides is 1. The van der Waals surface area contributed by atoms with Gasteiger partial charge in [-0.3, -0.25) is 4.79 Å². The molecule has 5 nitrogen and oxygen atoms in total. The summed E-state index contributed by atoms with van der Waals surface area (Å²) in [6, 6.07) is 16.5. The fourth-order valence-corrected chi connectivity index (χ4v) is 1.62. The molecule has 0 aromatic heterocycles. The van der Waals surface area contributed by atoms with Crippen LogP contribution in [0.5, 0.6) is 17.2 Å². The second-order valence-electron chi connectivity index (χ2n) is 4.25. The number of hydrogen-bond acceptors (Lipinski definition) is 4. The second-order valence-corrected chi connectivity index (χ2v) is 4.25. The number of aliphatic hydroxyl groups is 1. The number of ether oxygens (including phenoxy) is 2. The van der Waals surface area contributed by atoms with Crippen molar-refractivity contribution >= 4 is 5.91 Å². The zero-order valence-corrected chi connectivity index (χ0v) is 11.5. The van der Waals surface area contributed by atoms with Crippen LogP contribution < -0.4 is 14.8 Å². The van der Waals surface area contributed by atoms with Gasteiger partial charge in [-0.2, -0.15) is 0 Å². The minimum atomic E-state index is -0.270. The maximum Gasteiger partial charge on any atom is 0.258 e. The first-order valence-corrected chi connectivity index (χ1v) is 6.61. The van der Waals surface area contributed by atoms with Crippen molar-refractivity contribution in [2.45, 2.75) is 0 Å². The van der Waals surface area contributed by atoms with E-state index in [0.717, 1.165) is 5.75 Å². The van der Waals surface area contributed by atoms with E-state index in [1.807, 2.05) is 30.3 Å². The van der Waals surface area contributed by atoms with Crippen molar-refractivity contribution in [1.82, 2.24) is 5.32 Å². The summed E-state index contributed by atoms with van der Waals surface area (Å²) in [5.74, 6) is 1.76. The molecule has 0 heterocycles. The van der Waals surface area contributed by atoms with Gasteiger partial charge in [-0.15, -0.1) is 0 Å². The Hall–Kier alpha value is -2.53. The Bertz CT molecular complexity index is 554. The lowest BCUT2D eigenvalue weighted by molar-refractivity contribution is -0.123. The molecule has 110 valence electrons. The summed E-state index contributed by atoms with van der Waals surface area (Å²) < 4.78 is 11.0. The quantitative estimate of drug-likeness (QED) is 0.817. The number of carbonyl (C=O) groups is 1. The number of rotatable bonds is 7. The molecule has 5 heteroatoms. The van der Waals surface area contributed by atoms with Crippen LogP contribution in [0.2, 0.25) is 0 Å². The number of carbonyl (C=O) groups excluding carboxylic acids is 1. The summed E-state index contributed by atoms with van der Waals surface area (Å²) in [5.41, 5.74) is 0. The first-order valence-electron chi connectivity index (χ1n) is 6.61. The SMILES string of the molecule is O=C(COc1ccc(Oc2ccccc2)cc1)NCCO. The summed E-state index contributed by atoms with van der Waals surface area (Å²) in [5, 5.41) is 11.1. The van der Waals surface area contributed by atoms with Crippen LogP contribution in [0.25, 0.3) is 0 Å². The van der Waals surface area contributed by atoms with Gasteiger partial charge in [0.05, 0.1) is 6.61 Å². The van der Waals surface area contributed by atoms with Crippen LogP contribution in [0.1, 0.15) is 0 Å². The monoisotopic (exact) mass is 287 g/mol. The number of benzene rings is 2. The van der Waals surface area contributed by atoms with Crippen molar-refractivity contribution in [3.05, 3.63) is 54.6 Å². The molecule has 2 rings (SSSR count). The zero-order valence-electron chi connectivity index (χ0n) is 11.5. The normalized spacial score (nSPS) is 9.95. The van der Waals surface area contributed by atoms with Crippen molar-refractivity contribution < 1.29 is 19.4 Å². The molecule has 0 bridgehead atoms. The highest BCUT2D eigenvalue weighted by atomic mass is 16.5. The van der Waals surface area contributed by atoms with E-state index in [0.29, 0.717) is 11.5 Å². The summed E-state index contributed by atoms with van der Waals surface area (Å²) >= 11 is 0. The standard InChI is InChI=1S/C16H17NO4/c18-11-10-17-16(19)12-20-13-6-8-15(9-7-13)21-14-4-2-1-3-5-14/h1-9,18H,10-12H2,(H,17,19). The molecule has 0 fully saturated rings. The van der Waals surface area contributed by atoms with E-state index in [1.165, 1.54) is 0 Å². The molecule has 0 spiro atoms. The van der Waals surface area contributed by atoms with Gasteiger partial charge >= 0.3 is 0 Å². The van der Waals surface area contributed by atoms with Gasteiger partial charge in [0.1, 0.15) is 17.2 Å². The molecule has 2 N–H and O–H groups in total. The molecule has 21 heavy (non-hydrogen) atoms.